The van der Waals surface area contributed by atoms with Crippen molar-refractivity contribution in [3.8, 4) is 16.9 Å². The molecule has 0 aliphatic carbocycles. The Kier molecular flexibility index (Phi) is 2.64. The second-order valence-electron chi connectivity index (χ2n) is 3.79. The molecule has 0 unspecified atom stereocenters. The van der Waals surface area contributed by atoms with E-state index < -0.39 is 0 Å². The van der Waals surface area contributed by atoms with Crippen LogP contribution in [0.2, 0.25) is 5.28 Å². The molecule has 3 rings (SSSR count). The maximum absolute atomic E-state index is 5.76. The number of para-hydroxylation sites is 1. The molecule has 5 heteroatoms. The zero-order chi connectivity index (χ0) is 12.5. The quantitative estimate of drug-likeness (QED) is 0.710. The number of nitrogens with zero attached hydrogens (tertiary/aromatic N) is 3. The first-order valence-electron chi connectivity index (χ1n) is 5.43. The van der Waals surface area contributed by atoms with Crippen molar-refractivity contribution < 1.29 is 4.74 Å². The summed E-state index contributed by atoms with van der Waals surface area (Å²) in [6, 6.07) is 9.81. The molecule has 0 aliphatic rings. The Morgan fingerprint density at radius 3 is 2.83 bits per heavy atom. The highest BCUT2D eigenvalue weighted by atomic mass is 35.5. The van der Waals surface area contributed by atoms with Crippen LogP contribution in [0.5, 0.6) is 5.75 Å². The van der Waals surface area contributed by atoms with E-state index in [2.05, 4.69) is 10.1 Å². The van der Waals surface area contributed by atoms with E-state index in [-0.39, 0.29) is 5.28 Å². The molecule has 18 heavy (non-hydrogen) atoms. The van der Waals surface area contributed by atoms with Gasteiger partial charge in [-0.05, 0) is 23.7 Å². The van der Waals surface area contributed by atoms with Gasteiger partial charge in [0.15, 0.2) is 0 Å². The third-order valence-corrected chi connectivity index (χ3v) is 2.96. The van der Waals surface area contributed by atoms with Gasteiger partial charge in [0.25, 0.3) is 0 Å². The van der Waals surface area contributed by atoms with E-state index in [0.717, 1.165) is 22.4 Å². The highest BCUT2D eigenvalue weighted by molar-refractivity contribution is 6.28. The van der Waals surface area contributed by atoms with Crippen molar-refractivity contribution in [2.75, 3.05) is 7.11 Å². The fourth-order valence-corrected chi connectivity index (χ4v) is 2.10. The predicted octanol–water partition coefficient (Wildman–Crippen LogP) is 3.06. The lowest BCUT2D eigenvalue weighted by atomic mass is 10.1. The van der Waals surface area contributed by atoms with Gasteiger partial charge in [-0.3, -0.25) is 0 Å². The van der Waals surface area contributed by atoms with Crippen molar-refractivity contribution in [2.45, 2.75) is 0 Å². The molecule has 0 saturated carbocycles. The monoisotopic (exact) mass is 259 g/mol. The number of ether oxygens (including phenoxy) is 1. The summed E-state index contributed by atoms with van der Waals surface area (Å²) in [7, 11) is 1.66. The maximum atomic E-state index is 5.76. The van der Waals surface area contributed by atoms with Crippen molar-refractivity contribution in [3.05, 3.63) is 48.0 Å². The number of hydrogen-bond donors (Lipinski definition) is 0. The molecule has 0 radical (unpaired) electrons. The van der Waals surface area contributed by atoms with E-state index >= 15 is 0 Å². The SMILES string of the molecule is COc1ccccc1-c1ccn2nc(Cl)ncc12. The Morgan fingerprint density at radius 2 is 2.00 bits per heavy atom. The van der Waals surface area contributed by atoms with Gasteiger partial charge in [-0.25, -0.2) is 9.50 Å². The van der Waals surface area contributed by atoms with Crippen LogP contribution in [0.1, 0.15) is 0 Å². The van der Waals surface area contributed by atoms with E-state index in [4.69, 9.17) is 16.3 Å². The Hall–Kier alpha value is -2.07. The van der Waals surface area contributed by atoms with E-state index in [0.29, 0.717) is 0 Å². The molecule has 0 spiro atoms. The minimum absolute atomic E-state index is 0.227. The van der Waals surface area contributed by atoms with Crippen molar-refractivity contribution in [1.29, 1.82) is 0 Å². The molecule has 4 nitrogen and oxygen atoms in total. The summed E-state index contributed by atoms with van der Waals surface area (Å²) in [6.07, 6.45) is 3.56. The molecule has 3 aromatic rings. The standard InChI is InChI=1S/C13H10ClN3O/c1-18-12-5-3-2-4-10(12)9-6-7-17-11(9)8-15-13(14)16-17/h2-8H,1H3. The number of methoxy groups -OCH3 is 1. The normalized spacial score (nSPS) is 10.8. The van der Waals surface area contributed by atoms with Crippen LogP contribution in [0.25, 0.3) is 16.6 Å². The summed E-state index contributed by atoms with van der Waals surface area (Å²) in [6.45, 7) is 0. The molecule has 0 atom stereocenters. The summed E-state index contributed by atoms with van der Waals surface area (Å²) in [4.78, 5) is 4.01. The van der Waals surface area contributed by atoms with Crippen LogP contribution in [0.15, 0.2) is 42.7 Å². The fraction of sp³-hybridized carbons (Fsp3) is 0.0769. The second kappa shape index (κ2) is 4.31. The zero-order valence-electron chi connectivity index (χ0n) is 9.67. The van der Waals surface area contributed by atoms with Crippen molar-refractivity contribution in [2.24, 2.45) is 0 Å². The lowest BCUT2D eigenvalue weighted by Crippen LogP contribution is -1.93. The molecule has 0 saturated heterocycles. The van der Waals surface area contributed by atoms with Gasteiger partial charge < -0.3 is 4.74 Å². The Balaban J connectivity index is 2.26. The molecular formula is C13H10ClN3O. The zero-order valence-corrected chi connectivity index (χ0v) is 10.4. The third kappa shape index (κ3) is 1.71. The van der Waals surface area contributed by atoms with Crippen LogP contribution in [-0.4, -0.2) is 21.7 Å². The first-order valence-corrected chi connectivity index (χ1v) is 5.80. The van der Waals surface area contributed by atoms with Crippen LogP contribution in [-0.2, 0) is 0 Å². The van der Waals surface area contributed by atoms with Crippen molar-refractivity contribution in [3.63, 3.8) is 0 Å². The summed E-state index contributed by atoms with van der Waals surface area (Å²) in [5.74, 6) is 0.820. The summed E-state index contributed by atoms with van der Waals surface area (Å²) < 4.78 is 7.07. The molecule has 2 aromatic heterocycles. The van der Waals surface area contributed by atoms with Crippen LogP contribution < -0.4 is 4.74 Å². The molecule has 0 aliphatic heterocycles. The smallest absolute Gasteiger partial charge is 0.241 e. The number of halogens is 1. The van der Waals surface area contributed by atoms with Gasteiger partial charge in [0.2, 0.25) is 5.28 Å². The number of benzene rings is 1. The van der Waals surface area contributed by atoms with E-state index in [1.54, 1.807) is 17.8 Å². The van der Waals surface area contributed by atoms with Crippen LogP contribution >= 0.6 is 11.6 Å². The first-order chi connectivity index (χ1) is 8.79. The number of fused-ring (bicyclic) bond motifs is 1. The average Bonchev–Trinajstić information content (AvgIpc) is 2.81. The molecule has 2 heterocycles. The van der Waals surface area contributed by atoms with Crippen molar-refractivity contribution >= 4 is 17.1 Å². The number of aromatic nitrogens is 3. The third-order valence-electron chi connectivity index (χ3n) is 2.79. The van der Waals surface area contributed by atoms with Crippen LogP contribution in [0, 0.1) is 0 Å². The average molecular weight is 260 g/mol. The van der Waals surface area contributed by atoms with Gasteiger partial charge in [-0.1, -0.05) is 18.2 Å². The molecule has 1 aromatic carbocycles. The number of rotatable bonds is 2. The van der Waals surface area contributed by atoms with Gasteiger partial charge in [0.05, 0.1) is 18.8 Å². The minimum Gasteiger partial charge on any atom is -0.496 e. The Labute approximate surface area is 109 Å². The Morgan fingerprint density at radius 1 is 1.17 bits per heavy atom. The molecule has 90 valence electrons. The van der Waals surface area contributed by atoms with Gasteiger partial charge in [0, 0.05) is 17.3 Å². The highest BCUT2D eigenvalue weighted by Gasteiger charge is 2.10. The molecule has 0 bridgehead atoms. The summed E-state index contributed by atoms with van der Waals surface area (Å²) in [5.41, 5.74) is 2.92. The molecule has 0 amide bonds. The lowest BCUT2D eigenvalue weighted by molar-refractivity contribution is 0.416. The van der Waals surface area contributed by atoms with Crippen molar-refractivity contribution in [1.82, 2.24) is 14.6 Å². The van der Waals surface area contributed by atoms with E-state index in [9.17, 15) is 0 Å². The molecule has 0 N–H and O–H groups in total. The minimum atomic E-state index is 0.227. The fourth-order valence-electron chi connectivity index (χ4n) is 1.97. The molecule has 0 fully saturated rings. The largest absolute Gasteiger partial charge is 0.496 e. The maximum Gasteiger partial charge on any atom is 0.241 e. The second-order valence-corrected chi connectivity index (χ2v) is 4.12. The van der Waals surface area contributed by atoms with Crippen LogP contribution in [0.4, 0.5) is 0 Å². The van der Waals surface area contributed by atoms with Gasteiger partial charge in [-0.15, -0.1) is 5.10 Å². The van der Waals surface area contributed by atoms with Crippen LogP contribution in [0.3, 0.4) is 0 Å². The summed E-state index contributed by atoms with van der Waals surface area (Å²) >= 11 is 5.76. The van der Waals surface area contributed by atoms with Gasteiger partial charge >= 0.3 is 0 Å². The Bertz CT molecular complexity index is 708. The predicted molar refractivity (Wildman–Crippen MR) is 70.0 cm³/mol. The number of hydrogen-bond acceptors (Lipinski definition) is 3. The topological polar surface area (TPSA) is 39.4 Å². The van der Waals surface area contributed by atoms with E-state index in [1.165, 1.54) is 0 Å². The highest BCUT2D eigenvalue weighted by Crippen LogP contribution is 2.32. The first kappa shape index (κ1) is 11.0. The van der Waals surface area contributed by atoms with E-state index in [1.807, 2.05) is 36.5 Å². The van der Waals surface area contributed by atoms with Gasteiger partial charge in [-0.2, -0.15) is 0 Å². The lowest BCUT2D eigenvalue weighted by Gasteiger charge is -2.06. The van der Waals surface area contributed by atoms with Gasteiger partial charge in [0.1, 0.15) is 5.75 Å². The molecular weight excluding hydrogens is 250 g/mol. The summed E-state index contributed by atoms with van der Waals surface area (Å²) in [5, 5.41) is 4.33.